The Hall–Kier alpha value is -1.47. The van der Waals surface area contributed by atoms with Crippen molar-refractivity contribution in [1.82, 2.24) is 0 Å². The first kappa shape index (κ1) is 14.6. The van der Waals surface area contributed by atoms with Crippen LogP contribution in [0.4, 0.5) is 0 Å². The SMILES string of the molecule is CCOC(=O)C(C)(C)SCc1ccccc1C#N. The number of hydrogen-bond acceptors (Lipinski definition) is 4. The van der Waals surface area contributed by atoms with Gasteiger partial charge in [0.25, 0.3) is 0 Å². The molecule has 0 heterocycles. The number of benzene rings is 1. The van der Waals surface area contributed by atoms with Gasteiger partial charge in [0.15, 0.2) is 0 Å². The molecule has 0 atom stereocenters. The van der Waals surface area contributed by atoms with E-state index in [1.807, 2.05) is 32.0 Å². The Kier molecular flexibility index (Phi) is 5.24. The zero-order valence-electron chi connectivity index (χ0n) is 10.9. The van der Waals surface area contributed by atoms with Crippen molar-refractivity contribution in [2.75, 3.05) is 6.61 Å². The lowest BCUT2D eigenvalue weighted by Gasteiger charge is -2.21. The van der Waals surface area contributed by atoms with Crippen molar-refractivity contribution in [2.24, 2.45) is 0 Å². The lowest BCUT2D eigenvalue weighted by molar-refractivity contribution is -0.145. The fourth-order valence-corrected chi connectivity index (χ4v) is 2.32. The maximum absolute atomic E-state index is 11.7. The van der Waals surface area contributed by atoms with Crippen molar-refractivity contribution >= 4 is 17.7 Å². The van der Waals surface area contributed by atoms with E-state index < -0.39 is 4.75 Å². The minimum absolute atomic E-state index is 0.218. The van der Waals surface area contributed by atoms with Crippen LogP contribution in [0.5, 0.6) is 0 Å². The third kappa shape index (κ3) is 3.78. The third-order valence-corrected chi connectivity index (χ3v) is 3.84. The highest BCUT2D eigenvalue weighted by atomic mass is 32.2. The molecule has 0 aliphatic carbocycles. The van der Waals surface area contributed by atoms with Gasteiger partial charge in [-0.25, -0.2) is 0 Å². The van der Waals surface area contributed by atoms with Crippen molar-refractivity contribution in [3.8, 4) is 6.07 Å². The Bertz CT molecular complexity index is 463. The standard InChI is InChI=1S/C14H17NO2S/c1-4-17-13(16)14(2,3)18-10-12-8-6-5-7-11(12)9-15/h5-8H,4,10H2,1-3H3. The summed E-state index contributed by atoms with van der Waals surface area (Å²) in [5, 5.41) is 8.99. The molecule has 0 saturated carbocycles. The number of rotatable bonds is 5. The van der Waals surface area contributed by atoms with Crippen LogP contribution >= 0.6 is 11.8 Å². The Morgan fingerprint density at radius 1 is 1.44 bits per heavy atom. The number of nitriles is 1. The topological polar surface area (TPSA) is 50.1 Å². The zero-order valence-corrected chi connectivity index (χ0v) is 11.7. The summed E-state index contributed by atoms with van der Waals surface area (Å²) in [6.45, 7) is 5.86. The molecule has 0 spiro atoms. The summed E-state index contributed by atoms with van der Waals surface area (Å²) in [4.78, 5) is 11.7. The Morgan fingerprint density at radius 3 is 2.72 bits per heavy atom. The summed E-state index contributed by atoms with van der Waals surface area (Å²) in [7, 11) is 0. The fraction of sp³-hybridized carbons (Fsp3) is 0.429. The largest absolute Gasteiger partial charge is 0.465 e. The fourth-order valence-electron chi connectivity index (χ4n) is 1.38. The molecule has 0 fully saturated rings. The molecule has 0 aromatic heterocycles. The number of hydrogen-bond donors (Lipinski definition) is 0. The van der Waals surface area contributed by atoms with Crippen LogP contribution in [0.3, 0.4) is 0 Å². The van der Waals surface area contributed by atoms with Gasteiger partial charge in [-0.3, -0.25) is 4.79 Å². The number of nitrogens with zero attached hydrogens (tertiary/aromatic N) is 1. The minimum Gasteiger partial charge on any atom is -0.465 e. The van der Waals surface area contributed by atoms with Crippen LogP contribution in [0.25, 0.3) is 0 Å². The summed E-state index contributed by atoms with van der Waals surface area (Å²) in [5.74, 6) is 0.402. The van der Waals surface area contributed by atoms with E-state index in [1.54, 1.807) is 13.0 Å². The van der Waals surface area contributed by atoms with E-state index in [0.29, 0.717) is 17.9 Å². The van der Waals surface area contributed by atoms with E-state index in [0.717, 1.165) is 5.56 Å². The molecule has 0 saturated heterocycles. The number of esters is 1. The monoisotopic (exact) mass is 263 g/mol. The molecule has 4 heteroatoms. The average Bonchev–Trinajstić information content (AvgIpc) is 2.37. The summed E-state index contributed by atoms with van der Waals surface area (Å²) < 4.78 is 4.43. The van der Waals surface area contributed by atoms with Gasteiger partial charge in [-0.05, 0) is 32.4 Å². The molecule has 0 bridgehead atoms. The quantitative estimate of drug-likeness (QED) is 0.766. The lowest BCUT2D eigenvalue weighted by atomic mass is 10.1. The first-order valence-electron chi connectivity index (χ1n) is 5.80. The minimum atomic E-state index is -0.599. The van der Waals surface area contributed by atoms with Crippen LogP contribution < -0.4 is 0 Å². The summed E-state index contributed by atoms with van der Waals surface area (Å²) in [6, 6.07) is 9.58. The van der Waals surface area contributed by atoms with Crippen LogP contribution in [-0.4, -0.2) is 17.3 Å². The van der Waals surface area contributed by atoms with Crippen molar-refractivity contribution in [3.63, 3.8) is 0 Å². The molecule has 18 heavy (non-hydrogen) atoms. The van der Waals surface area contributed by atoms with Crippen LogP contribution in [0.2, 0.25) is 0 Å². The second kappa shape index (κ2) is 6.46. The predicted molar refractivity (Wildman–Crippen MR) is 73.2 cm³/mol. The number of ether oxygens (including phenoxy) is 1. The second-order valence-corrected chi connectivity index (χ2v) is 5.89. The van der Waals surface area contributed by atoms with Crippen molar-refractivity contribution < 1.29 is 9.53 Å². The Labute approximate surface area is 112 Å². The van der Waals surface area contributed by atoms with Crippen LogP contribution in [-0.2, 0) is 15.3 Å². The molecular formula is C14H17NO2S. The molecule has 0 aliphatic heterocycles. The molecule has 1 rings (SSSR count). The summed E-state index contributed by atoms with van der Waals surface area (Å²) >= 11 is 1.48. The maximum atomic E-state index is 11.7. The Morgan fingerprint density at radius 2 is 2.11 bits per heavy atom. The van der Waals surface area contributed by atoms with E-state index in [1.165, 1.54) is 11.8 Å². The van der Waals surface area contributed by atoms with Gasteiger partial charge in [0.1, 0.15) is 4.75 Å². The van der Waals surface area contributed by atoms with E-state index in [2.05, 4.69) is 6.07 Å². The molecular weight excluding hydrogens is 246 g/mol. The van der Waals surface area contributed by atoms with Gasteiger partial charge in [0, 0.05) is 5.75 Å². The lowest BCUT2D eigenvalue weighted by Crippen LogP contribution is -2.30. The highest BCUT2D eigenvalue weighted by Gasteiger charge is 2.29. The van der Waals surface area contributed by atoms with Gasteiger partial charge in [0.2, 0.25) is 0 Å². The molecule has 0 aliphatic rings. The Balaban J connectivity index is 2.70. The normalized spacial score (nSPS) is 10.8. The molecule has 1 aromatic rings. The van der Waals surface area contributed by atoms with E-state index in [-0.39, 0.29) is 5.97 Å². The highest BCUT2D eigenvalue weighted by molar-refractivity contribution is 8.00. The van der Waals surface area contributed by atoms with Crippen LogP contribution in [0.15, 0.2) is 24.3 Å². The smallest absolute Gasteiger partial charge is 0.321 e. The molecule has 0 N–H and O–H groups in total. The number of thioether (sulfide) groups is 1. The third-order valence-electron chi connectivity index (χ3n) is 2.49. The van der Waals surface area contributed by atoms with Gasteiger partial charge >= 0.3 is 5.97 Å². The molecule has 3 nitrogen and oxygen atoms in total. The van der Waals surface area contributed by atoms with Crippen LogP contribution in [0, 0.1) is 11.3 Å². The highest BCUT2D eigenvalue weighted by Crippen LogP contribution is 2.30. The van der Waals surface area contributed by atoms with Crippen molar-refractivity contribution in [2.45, 2.75) is 31.3 Å². The predicted octanol–water partition coefficient (Wildman–Crippen LogP) is 3.13. The van der Waals surface area contributed by atoms with Gasteiger partial charge in [0.05, 0.1) is 18.2 Å². The molecule has 0 unspecified atom stereocenters. The average molecular weight is 263 g/mol. The van der Waals surface area contributed by atoms with Gasteiger partial charge in [-0.1, -0.05) is 18.2 Å². The summed E-state index contributed by atoms with van der Waals surface area (Å²) in [6.07, 6.45) is 0. The van der Waals surface area contributed by atoms with Crippen molar-refractivity contribution in [3.05, 3.63) is 35.4 Å². The first-order valence-corrected chi connectivity index (χ1v) is 6.79. The van der Waals surface area contributed by atoms with Crippen LogP contribution in [0.1, 0.15) is 31.9 Å². The molecule has 0 radical (unpaired) electrons. The van der Waals surface area contributed by atoms with Gasteiger partial charge in [-0.15, -0.1) is 11.8 Å². The summed E-state index contributed by atoms with van der Waals surface area (Å²) in [5.41, 5.74) is 1.60. The van der Waals surface area contributed by atoms with Gasteiger partial charge in [-0.2, -0.15) is 5.26 Å². The maximum Gasteiger partial charge on any atom is 0.321 e. The van der Waals surface area contributed by atoms with E-state index in [9.17, 15) is 4.79 Å². The second-order valence-electron chi connectivity index (χ2n) is 4.29. The molecule has 96 valence electrons. The van der Waals surface area contributed by atoms with Gasteiger partial charge < -0.3 is 4.74 Å². The van der Waals surface area contributed by atoms with E-state index >= 15 is 0 Å². The number of carbonyl (C=O) groups is 1. The molecule has 1 aromatic carbocycles. The van der Waals surface area contributed by atoms with Crippen molar-refractivity contribution in [1.29, 1.82) is 5.26 Å². The first-order chi connectivity index (χ1) is 8.51. The zero-order chi connectivity index (χ0) is 13.6. The molecule has 0 amide bonds. The number of carbonyl (C=O) groups excluding carboxylic acids is 1. The van der Waals surface area contributed by atoms with E-state index in [4.69, 9.17) is 10.00 Å².